The second kappa shape index (κ2) is 15.6. The smallest absolute Gasteiger partial charge is 0.0620 e. The Morgan fingerprint density at radius 3 is 1.57 bits per heavy atom. The van der Waals surface area contributed by atoms with Gasteiger partial charge in [0.25, 0.3) is 0 Å². The maximum atomic E-state index is 2.51. The first-order valence-electron chi connectivity index (χ1n) is 22.6. The number of fused-ring (bicyclic) bond motifs is 6. The highest BCUT2D eigenvalue weighted by atomic mass is 15.1. The molecule has 0 radical (unpaired) electrons. The van der Waals surface area contributed by atoms with E-state index in [9.17, 15) is 0 Å². The zero-order valence-corrected chi connectivity index (χ0v) is 36.5. The fourth-order valence-corrected chi connectivity index (χ4v) is 10.5. The molecule has 0 atom stereocenters. The summed E-state index contributed by atoms with van der Waals surface area (Å²) in [4.78, 5) is 2.39. The Morgan fingerprint density at radius 2 is 0.862 bits per heavy atom. The molecule has 1 aromatic heterocycles. The molecule has 11 aromatic rings. The summed E-state index contributed by atoms with van der Waals surface area (Å²) in [6, 6.07) is 88.7. The average Bonchev–Trinajstić information content (AvgIpc) is 3.84. The molecule has 0 saturated carbocycles. The minimum Gasteiger partial charge on any atom is -0.310 e. The highest BCUT2D eigenvalue weighted by molar-refractivity contribution is 6.18. The van der Waals surface area contributed by atoms with Crippen molar-refractivity contribution in [1.29, 1.82) is 0 Å². The van der Waals surface area contributed by atoms with Gasteiger partial charge in [-0.1, -0.05) is 208 Å². The van der Waals surface area contributed by atoms with E-state index in [2.05, 4.69) is 266 Å². The fraction of sp³-hybridized carbons (Fsp3) is 0.0476. The van der Waals surface area contributed by atoms with Crippen molar-refractivity contribution in [2.24, 2.45) is 0 Å². The average molecular weight is 831 g/mol. The molecule has 0 saturated heterocycles. The van der Waals surface area contributed by atoms with Crippen molar-refractivity contribution in [3.63, 3.8) is 0 Å². The second-order valence-electron chi connectivity index (χ2n) is 17.7. The van der Waals surface area contributed by atoms with E-state index in [4.69, 9.17) is 0 Å². The minimum absolute atomic E-state index is 0.0941. The van der Waals surface area contributed by atoms with Crippen molar-refractivity contribution in [3.8, 4) is 61.5 Å². The van der Waals surface area contributed by atoms with Crippen molar-refractivity contribution < 1.29 is 0 Å². The van der Waals surface area contributed by atoms with Crippen LogP contribution >= 0.6 is 0 Å². The Labute approximate surface area is 381 Å². The van der Waals surface area contributed by atoms with Crippen LogP contribution in [0.5, 0.6) is 0 Å². The van der Waals surface area contributed by atoms with Crippen LogP contribution in [0.15, 0.2) is 243 Å². The van der Waals surface area contributed by atoms with Crippen LogP contribution in [0, 0.1) is 0 Å². The normalized spacial score (nSPS) is 12.6. The largest absolute Gasteiger partial charge is 0.310 e. The number of hydrogen-bond donors (Lipinski definition) is 0. The molecule has 0 fully saturated rings. The van der Waals surface area contributed by atoms with Gasteiger partial charge >= 0.3 is 0 Å². The lowest BCUT2D eigenvalue weighted by molar-refractivity contribution is 0.660. The van der Waals surface area contributed by atoms with E-state index in [0.717, 1.165) is 22.7 Å². The van der Waals surface area contributed by atoms with Gasteiger partial charge in [-0.05, 0) is 110 Å². The van der Waals surface area contributed by atoms with Crippen LogP contribution in [-0.4, -0.2) is 4.57 Å². The molecular formula is C63H46N2. The number of aromatic nitrogens is 1. The molecule has 308 valence electrons. The third-order valence-electron chi connectivity index (χ3n) is 13.6. The molecular weight excluding hydrogens is 785 g/mol. The summed E-state index contributed by atoms with van der Waals surface area (Å²) in [6.45, 7) is 4.70. The van der Waals surface area contributed by atoms with E-state index in [1.54, 1.807) is 0 Å². The van der Waals surface area contributed by atoms with Gasteiger partial charge in [-0.25, -0.2) is 0 Å². The minimum atomic E-state index is -0.0941. The molecule has 0 spiro atoms. The van der Waals surface area contributed by atoms with Crippen molar-refractivity contribution >= 4 is 38.7 Å². The van der Waals surface area contributed by atoms with Crippen molar-refractivity contribution in [2.75, 3.05) is 4.90 Å². The van der Waals surface area contributed by atoms with Gasteiger partial charge in [0.2, 0.25) is 0 Å². The van der Waals surface area contributed by atoms with Gasteiger partial charge in [0, 0.05) is 44.5 Å². The standard InChI is InChI=1S/C63H46N2/c1-63(2)58-29-16-15-26-54(58)55-39-38-51(42-59(55)63)64(48-24-13-6-14-25-48)49-36-32-45(33-37-49)52-27-17-28-56-53(52)40-41-57-60(46-20-9-4-10-21-46)61(47-22-11-5-12-23-47)65(62(56)57)50-34-30-44(31-35-50)43-18-7-3-8-19-43/h3-42H,1-2H3. The summed E-state index contributed by atoms with van der Waals surface area (Å²) in [5, 5.41) is 3.65. The van der Waals surface area contributed by atoms with Crippen molar-refractivity contribution in [2.45, 2.75) is 19.3 Å². The number of benzene rings is 10. The van der Waals surface area contributed by atoms with E-state index >= 15 is 0 Å². The Balaban J connectivity index is 1.02. The van der Waals surface area contributed by atoms with Crippen LogP contribution in [0.4, 0.5) is 17.1 Å². The predicted molar refractivity (Wildman–Crippen MR) is 275 cm³/mol. The zero-order chi connectivity index (χ0) is 43.5. The molecule has 0 aliphatic heterocycles. The molecule has 0 amide bonds. The fourth-order valence-electron chi connectivity index (χ4n) is 10.5. The lowest BCUT2D eigenvalue weighted by atomic mass is 9.82. The third kappa shape index (κ3) is 6.40. The maximum absolute atomic E-state index is 2.51. The summed E-state index contributed by atoms with van der Waals surface area (Å²) in [5.74, 6) is 0. The summed E-state index contributed by atoms with van der Waals surface area (Å²) in [6.07, 6.45) is 0. The first-order valence-corrected chi connectivity index (χ1v) is 22.6. The molecule has 10 aromatic carbocycles. The van der Waals surface area contributed by atoms with Gasteiger partial charge < -0.3 is 9.47 Å². The molecule has 2 nitrogen and oxygen atoms in total. The second-order valence-corrected chi connectivity index (χ2v) is 17.7. The van der Waals surface area contributed by atoms with E-state index in [-0.39, 0.29) is 5.41 Å². The molecule has 0 N–H and O–H groups in total. The predicted octanol–water partition coefficient (Wildman–Crippen LogP) is 17.2. The summed E-state index contributed by atoms with van der Waals surface area (Å²) in [5.41, 5.74) is 20.6. The Hall–Kier alpha value is -8.20. The topological polar surface area (TPSA) is 8.17 Å². The van der Waals surface area contributed by atoms with E-state index in [1.165, 1.54) is 88.6 Å². The van der Waals surface area contributed by atoms with Crippen LogP contribution in [0.2, 0.25) is 0 Å². The molecule has 2 heteroatoms. The van der Waals surface area contributed by atoms with Crippen LogP contribution in [-0.2, 0) is 5.41 Å². The first kappa shape index (κ1) is 38.5. The van der Waals surface area contributed by atoms with Crippen molar-refractivity contribution in [3.05, 3.63) is 254 Å². The highest BCUT2D eigenvalue weighted by Crippen LogP contribution is 2.51. The summed E-state index contributed by atoms with van der Waals surface area (Å²) < 4.78 is 2.51. The lowest BCUT2D eigenvalue weighted by Gasteiger charge is -2.28. The number of rotatable bonds is 8. The Morgan fingerprint density at radius 1 is 0.338 bits per heavy atom. The van der Waals surface area contributed by atoms with Crippen LogP contribution in [0.1, 0.15) is 25.0 Å². The van der Waals surface area contributed by atoms with E-state index < -0.39 is 0 Å². The Bertz CT molecular complexity index is 3510. The quantitative estimate of drug-likeness (QED) is 0.148. The van der Waals surface area contributed by atoms with Crippen LogP contribution in [0.25, 0.3) is 83.1 Å². The monoisotopic (exact) mass is 830 g/mol. The van der Waals surface area contributed by atoms with Gasteiger partial charge in [-0.2, -0.15) is 0 Å². The zero-order valence-electron chi connectivity index (χ0n) is 36.5. The van der Waals surface area contributed by atoms with Gasteiger partial charge in [-0.3, -0.25) is 0 Å². The molecule has 1 aliphatic carbocycles. The number of para-hydroxylation sites is 1. The number of anilines is 3. The molecule has 1 aliphatic rings. The first-order chi connectivity index (χ1) is 32.0. The third-order valence-corrected chi connectivity index (χ3v) is 13.6. The summed E-state index contributed by atoms with van der Waals surface area (Å²) in [7, 11) is 0. The van der Waals surface area contributed by atoms with Crippen molar-refractivity contribution in [1.82, 2.24) is 4.57 Å². The maximum Gasteiger partial charge on any atom is 0.0620 e. The number of nitrogens with zero attached hydrogens (tertiary/aromatic N) is 2. The SMILES string of the molecule is CC1(C)c2ccccc2-c2ccc(N(c3ccccc3)c3ccc(-c4cccc5c4ccc4c(-c6ccccc6)c(-c6ccccc6)n(-c6ccc(-c7ccccc7)cc6)c45)cc3)cc21. The van der Waals surface area contributed by atoms with Gasteiger partial charge in [0.15, 0.2) is 0 Å². The molecule has 1 heterocycles. The lowest BCUT2D eigenvalue weighted by Crippen LogP contribution is -2.16. The van der Waals surface area contributed by atoms with Gasteiger partial charge in [0.1, 0.15) is 0 Å². The van der Waals surface area contributed by atoms with Crippen LogP contribution < -0.4 is 4.90 Å². The molecule has 0 bridgehead atoms. The Kier molecular flexibility index (Phi) is 9.21. The number of hydrogen-bond acceptors (Lipinski definition) is 1. The van der Waals surface area contributed by atoms with E-state index in [0.29, 0.717) is 0 Å². The molecule has 0 unspecified atom stereocenters. The van der Waals surface area contributed by atoms with E-state index in [1.807, 2.05) is 0 Å². The van der Waals surface area contributed by atoms with Crippen LogP contribution in [0.3, 0.4) is 0 Å². The molecule has 65 heavy (non-hydrogen) atoms. The van der Waals surface area contributed by atoms with Gasteiger partial charge in [-0.15, -0.1) is 0 Å². The van der Waals surface area contributed by atoms with Gasteiger partial charge in [0.05, 0.1) is 11.2 Å². The highest BCUT2D eigenvalue weighted by Gasteiger charge is 2.35. The molecule has 12 rings (SSSR count). The summed E-state index contributed by atoms with van der Waals surface area (Å²) >= 11 is 0.